The molecule has 2 aromatic carbocycles. The van der Waals surface area contributed by atoms with Gasteiger partial charge in [0.2, 0.25) is 0 Å². The van der Waals surface area contributed by atoms with Gasteiger partial charge in [-0.05, 0) is 24.6 Å². The Labute approximate surface area is 128 Å². The molecule has 0 saturated carbocycles. The van der Waals surface area contributed by atoms with Gasteiger partial charge in [0, 0.05) is 18.7 Å². The highest BCUT2D eigenvalue weighted by molar-refractivity contribution is 5.61. The topological polar surface area (TPSA) is 88.2 Å². The van der Waals surface area contributed by atoms with Crippen LogP contribution in [0.25, 0.3) is 0 Å². The van der Waals surface area contributed by atoms with E-state index in [1.54, 1.807) is 0 Å². The number of non-ortho nitro benzene ring substituents is 1. The lowest BCUT2D eigenvalue weighted by molar-refractivity contribution is -0.384. The highest BCUT2D eigenvalue weighted by atomic mass is 16.6. The summed E-state index contributed by atoms with van der Waals surface area (Å²) in [5.41, 5.74) is 1.75. The fraction of sp³-hybridized carbons (Fsp3) is 0.188. The number of nitrogens with zero attached hydrogens (tertiary/aromatic N) is 2. The summed E-state index contributed by atoms with van der Waals surface area (Å²) >= 11 is 0. The van der Waals surface area contributed by atoms with E-state index in [2.05, 4.69) is 5.32 Å². The largest absolute Gasteiger partial charge is 0.491 e. The van der Waals surface area contributed by atoms with Crippen LogP contribution < -0.4 is 10.1 Å². The minimum atomic E-state index is -0.522. The van der Waals surface area contributed by atoms with Crippen molar-refractivity contribution in [1.29, 1.82) is 5.26 Å². The van der Waals surface area contributed by atoms with E-state index in [0.29, 0.717) is 18.8 Å². The van der Waals surface area contributed by atoms with Gasteiger partial charge in [0.05, 0.1) is 16.2 Å². The number of aryl methyl sites for hydroxylation is 1. The zero-order chi connectivity index (χ0) is 15.9. The average Bonchev–Trinajstić information content (AvgIpc) is 2.53. The molecule has 0 spiro atoms. The second-order valence-corrected chi connectivity index (χ2v) is 4.64. The Balaban J connectivity index is 1.93. The molecule has 0 aliphatic heterocycles. The Morgan fingerprint density at radius 1 is 1.32 bits per heavy atom. The maximum atomic E-state index is 10.7. The van der Waals surface area contributed by atoms with Gasteiger partial charge in [0.25, 0.3) is 5.69 Å². The predicted molar refractivity (Wildman–Crippen MR) is 83.0 cm³/mol. The van der Waals surface area contributed by atoms with E-state index < -0.39 is 4.92 Å². The van der Waals surface area contributed by atoms with Gasteiger partial charge < -0.3 is 10.1 Å². The number of hydrogen-bond acceptors (Lipinski definition) is 5. The molecular formula is C16H15N3O3. The molecule has 22 heavy (non-hydrogen) atoms. The summed E-state index contributed by atoms with van der Waals surface area (Å²) in [7, 11) is 0. The number of nitro benzene ring substituents is 1. The molecule has 0 fully saturated rings. The first kappa shape index (κ1) is 15.3. The lowest BCUT2D eigenvalue weighted by atomic mass is 10.1. The van der Waals surface area contributed by atoms with Gasteiger partial charge in [0.1, 0.15) is 18.4 Å². The van der Waals surface area contributed by atoms with Crippen molar-refractivity contribution in [3.63, 3.8) is 0 Å². The van der Waals surface area contributed by atoms with Gasteiger partial charge >= 0.3 is 0 Å². The highest BCUT2D eigenvalue weighted by Gasteiger charge is 2.10. The molecule has 0 bridgehead atoms. The van der Waals surface area contributed by atoms with E-state index in [9.17, 15) is 10.1 Å². The smallest absolute Gasteiger partial charge is 0.270 e. The van der Waals surface area contributed by atoms with Crippen molar-refractivity contribution >= 4 is 11.4 Å². The summed E-state index contributed by atoms with van der Waals surface area (Å²) in [6.45, 7) is 2.88. The first-order chi connectivity index (χ1) is 10.6. The zero-order valence-corrected chi connectivity index (χ0v) is 12.1. The van der Waals surface area contributed by atoms with Crippen LogP contribution in [0.5, 0.6) is 5.75 Å². The number of hydrogen-bond donors (Lipinski definition) is 1. The lowest BCUT2D eigenvalue weighted by Crippen LogP contribution is -2.12. The van der Waals surface area contributed by atoms with Crippen LogP contribution in [0.1, 0.15) is 11.1 Å². The number of nitro groups is 1. The molecular weight excluding hydrogens is 282 g/mol. The van der Waals surface area contributed by atoms with Gasteiger partial charge in [-0.1, -0.05) is 18.2 Å². The van der Waals surface area contributed by atoms with Crippen LogP contribution in [0.2, 0.25) is 0 Å². The second kappa shape index (κ2) is 7.09. The third-order valence-corrected chi connectivity index (χ3v) is 3.10. The Morgan fingerprint density at radius 3 is 2.77 bits per heavy atom. The van der Waals surface area contributed by atoms with Crippen molar-refractivity contribution in [2.45, 2.75) is 6.92 Å². The van der Waals surface area contributed by atoms with E-state index in [-0.39, 0.29) is 11.3 Å². The van der Waals surface area contributed by atoms with Crippen LogP contribution in [0, 0.1) is 28.4 Å². The molecule has 2 aromatic rings. The Kier molecular flexibility index (Phi) is 4.94. The summed E-state index contributed by atoms with van der Waals surface area (Å²) in [5.74, 6) is 0.813. The maximum absolute atomic E-state index is 10.7. The fourth-order valence-electron chi connectivity index (χ4n) is 1.96. The Bertz CT molecular complexity index is 723. The van der Waals surface area contributed by atoms with Crippen LogP contribution in [-0.4, -0.2) is 18.1 Å². The number of nitriles is 1. The third-order valence-electron chi connectivity index (χ3n) is 3.10. The molecule has 112 valence electrons. The van der Waals surface area contributed by atoms with Crippen LogP contribution >= 0.6 is 0 Å². The highest BCUT2D eigenvalue weighted by Crippen LogP contribution is 2.21. The van der Waals surface area contributed by atoms with Crippen molar-refractivity contribution in [3.8, 4) is 11.8 Å². The van der Waals surface area contributed by atoms with E-state index in [4.69, 9.17) is 10.00 Å². The number of rotatable bonds is 6. The predicted octanol–water partition coefficient (Wildman–Crippen LogP) is 3.27. The van der Waals surface area contributed by atoms with Crippen molar-refractivity contribution in [3.05, 3.63) is 63.7 Å². The molecule has 0 saturated heterocycles. The average molecular weight is 297 g/mol. The van der Waals surface area contributed by atoms with Crippen LogP contribution in [-0.2, 0) is 0 Å². The molecule has 0 aromatic heterocycles. The number of ether oxygens (including phenoxy) is 1. The van der Waals surface area contributed by atoms with Crippen LogP contribution in [0.15, 0.2) is 42.5 Å². The van der Waals surface area contributed by atoms with Crippen molar-refractivity contribution in [1.82, 2.24) is 0 Å². The van der Waals surface area contributed by atoms with Gasteiger partial charge in [-0.25, -0.2) is 0 Å². The van der Waals surface area contributed by atoms with Crippen molar-refractivity contribution in [2.75, 3.05) is 18.5 Å². The first-order valence-corrected chi connectivity index (χ1v) is 6.72. The summed E-state index contributed by atoms with van der Waals surface area (Å²) in [4.78, 5) is 10.2. The quantitative estimate of drug-likeness (QED) is 0.502. The fourth-order valence-corrected chi connectivity index (χ4v) is 1.96. The number of para-hydroxylation sites is 1. The summed E-state index contributed by atoms with van der Waals surface area (Å²) in [5, 5.41) is 22.8. The number of benzene rings is 2. The molecule has 0 aliphatic rings. The molecule has 0 radical (unpaired) electrons. The van der Waals surface area contributed by atoms with Gasteiger partial charge in [-0.3, -0.25) is 10.1 Å². The third kappa shape index (κ3) is 3.73. The lowest BCUT2D eigenvalue weighted by Gasteiger charge is -2.11. The van der Waals surface area contributed by atoms with Gasteiger partial charge in [0.15, 0.2) is 0 Å². The minimum Gasteiger partial charge on any atom is -0.491 e. The molecule has 1 N–H and O–H groups in total. The normalized spacial score (nSPS) is 9.82. The van der Waals surface area contributed by atoms with E-state index >= 15 is 0 Å². The Morgan fingerprint density at radius 2 is 2.09 bits per heavy atom. The van der Waals surface area contributed by atoms with E-state index in [1.165, 1.54) is 18.2 Å². The number of anilines is 1. The van der Waals surface area contributed by atoms with Crippen LogP contribution in [0.3, 0.4) is 0 Å². The standard InChI is InChI=1S/C16H15N3O3/c1-12-4-2-3-5-16(12)22-9-8-18-15-7-6-14(19(20)21)10-13(15)11-17/h2-7,10,18H,8-9H2,1H3. The molecule has 2 rings (SSSR count). The maximum Gasteiger partial charge on any atom is 0.270 e. The second-order valence-electron chi connectivity index (χ2n) is 4.64. The minimum absolute atomic E-state index is 0.0988. The zero-order valence-electron chi connectivity index (χ0n) is 12.1. The van der Waals surface area contributed by atoms with Crippen LogP contribution in [0.4, 0.5) is 11.4 Å². The van der Waals surface area contributed by atoms with Gasteiger partial charge in [-0.2, -0.15) is 5.26 Å². The van der Waals surface area contributed by atoms with Gasteiger partial charge in [-0.15, -0.1) is 0 Å². The first-order valence-electron chi connectivity index (χ1n) is 6.72. The van der Waals surface area contributed by atoms with E-state index in [1.807, 2.05) is 37.3 Å². The van der Waals surface area contributed by atoms with Crippen molar-refractivity contribution < 1.29 is 9.66 Å². The van der Waals surface area contributed by atoms with E-state index in [0.717, 1.165) is 11.3 Å². The molecule has 0 amide bonds. The summed E-state index contributed by atoms with van der Waals surface area (Å²) in [6.07, 6.45) is 0. The molecule has 0 heterocycles. The molecule has 6 nitrogen and oxygen atoms in total. The molecule has 0 unspecified atom stereocenters. The summed E-state index contributed by atoms with van der Waals surface area (Å²) in [6, 6.07) is 13.8. The SMILES string of the molecule is Cc1ccccc1OCCNc1ccc([N+](=O)[O-])cc1C#N. The molecule has 0 atom stereocenters. The summed E-state index contributed by atoms with van der Waals surface area (Å²) < 4.78 is 5.64. The molecule has 6 heteroatoms. The monoisotopic (exact) mass is 297 g/mol. The molecule has 0 aliphatic carbocycles. The Hall–Kier alpha value is -3.07. The van der Waals surface area contributed by atoms with Crippen molar-refractivity contribution in [2.24, 2.45) is 0 Å². The number of nitrogens with one attached hydrogen (secondary N) is 1.